The van der Waals surface area contributed by atoms with Crippen LogP contribution >= 0.6 is 11.6 Å². The molecule has 2 aromatic rings. The SMILES string of the molecule is CCc1[nH]nc(C(=O)Nc2nc(Cl)cc(OC)n2)c1N. The second kappa shape index (κ2) is 5.74. The zero-order valence-electron chi connectivity index (χ0n) is 10.9. The van der Waals surface area contributed by atoms with Crippen LogP contribution in [0.25, 0.3) is 0 Å². The van der Waals surface area contributed by atoms with E-state index in [1.807, 2.05) is 6.92 Å². The molecule has 0 fully saturated rings. The average molecular weight is 297 g/mol. The number of hydrogen-bond donors (Lipinski definition) is 3. The molecule has 9 heteroatoms. The third-order valence-electron chi connectivity index (χ3n) is 2.56. The zero-order valence-corrected chi connectivity index (χ0v) is 11.7. The van der Waals surface area contributed by atoms with Crippen LogP contribution in [-0.2, 0) is 6.42 Å². The molecule has 0 aliphatic rings. The maximum atomic E-state index is 12.0. The normalized spacial score (nSPS) is 10.3. The summed E-state index contributed by atoms with van der Waals surface area (Å²) in [7, 11) is 1.43. The molecule has 2 rings (SSSR count). The topological polar surface area (TPSA) is 119 Å². The predicted molar refractivity (Wildman–Crippen MR) is 73.9 cm³/mol. The molecule has 0 aromatic carbocycles. The molecular formula is C11H13ClN6O2. The molecule has 1 amide bonds. The van der Waals surface area contributed by atoms with Gasteiger partial charge in [0.25, 0.3) is 5.91 Å². The number of aromatic amines is 1. The van der Waals surface area contributed by atoms with Crippen molar-refractivity contribution in [3.8, 4) is 5.88 Å². The Morgan fingerprint density at radius 3 is 2.90 bits per heavy atom. The largest absolute Gasteiger partial charge is 0.481 e. The van der Waals surface area contributed by atoms with E-state index in [9.17, 15) is 4.79 Å². The molecular weight excluding hydrogens is 284 g/mol. The Morgan fingerprint density at radius 1 is 1.55 bits per heavy atom. The van der Waals surface area contributed by atoms with Crippen LogP contribution in [0.2, 0.25) is 5.15 Å². The molecule has 4 N–H and O–H groups in total. The monoisotopic (exact) mass is 296 g/mol. The number of hydrogen-bond acceptors (Lipinski definition) is 6. The molecule has 106 valence electrons. The quantitative estimate of drug-likeness (QED) is 0.731. The summed E-state index contributed by atoms with van der Waals surface area (Å²) >= 11 is 5.79. The lowest BCUT2D eigenvalue weighted by Gasteiger charge is -2.05. The number of anilines is 2. The highest BCUT2D eigenvalue weighted by Crippen LogP contribution is 2.18. The van der Waals surface area contributed by atoms with Crippen molar-refractivity contribution in [1.82, 2.24) is 20.2 Å². The molecule has 2 heterocycles. The first-order valence-corrected chi connectivity index (χ1v) is 6.15. The Labute approximate surface area is 119 Å². The van der Waals surface area contributed by atoms with Gasteiger partial charge >= 0.3 is 0 Å². The Hall–Kier alpha value is -2.35. The highest BCUT2D eigenvalue weighted by Gasteiger charge is 2.18. The number of carbonyl (C=O) groups is 1. The minimum atomic E-state index is -0.525. The van der Waals surface area contributed by atoms with Gasteiger partial charge in [0.05, 0.1) is 18.5 Å². The maximum absolute atomic E-state index is 12.0. The van der Waals surface area contributed by atoms with Crippen molar-refractivity contribution in [2.24, 2.45) is 0 Å². The number of amides is 1. The Bertz CT molecular complexity index is 642. The molecule has 0 aliphatic carbocycles. The van der Waals surface area contributed by atoms with Crippen LogP contribution in [-0.4, -0.2) is 33.2 Å². The summed E-state index contributed by atoms with van der Waals surface area (Å²) in [4.78, 5) is 19.9. The van der Waals surface area contributed by atoms with Crippen LogP contribution in [0.3, 0.4) is 0 Å². The molecule has 20 heavy (non-hydrogen) atoms. The lowest BCUT2D eigenvalue weighted by molar-refractivity contribution is 0.102. The molecule has 0 radical (unpaired) electrons. The number of methoxy groups -OCH3 is 1. The second-order valence-electron chi connectivity index (χ2n) is 3.83. The highest BCUT2D eigenvalue weighted by atomic mass is 35.5. The first-order valence-electron chi connectivity index (χ1n) is 5.77. The van der Waals surface area contributed by atoms with Crippen molar-refractivity contribution in [3.63, 3.8) is 0 Å². The summed E-state index contributed by atoms with van der Waals surface area (Å²) < 4.78 is 4.93. The van der Waals surface area contributed by atoms with Crippen LogP contribution in [0.1, 0.15) is 23.1 Å². The number of aromatic nitrogens is 4. The summed E-state index contributed by atoms with van der Waals surface area (Å²) in [5.41, 5.74) is 6.89. The number of nitrogen functional groups attached to an aromatic ring is 1. The number of ether oxygens (including phenoxy) is 1. The van der Waals surface area contributed by atoms with Gasteiger partial charge in [-0.15, -0.1) is 0 Å². The molecule has 0 spiro atoms. The predicted octanol–water partition coefficient (Wildman–Crippen LogP) is 1.26. The van der Waals surface area contributed by atoms with Gasteiger partial charge in [0.15, 0.2) is 5.69 Å². The minimum absolute atomic E-state index is 0.0137. The molecule has 0 saturated heterocycles. The number of aryl methyl sites for hydroxylation is 1. The van der Waals surface area contributed by atoms with Gasteiger partial charge in [0.2, 0.25) is 11.8 Å². The third kappa shape index (κ3) is 2.80. The van der Waals surface area contributed by atoms with Gasteiger partial charge < -0.3 is 10.5 Å². The van der Waals surface area contributed by atoms with E-state index in [-0.39, 0.29) is 22.7 Å². The third-order valence-corrected chi connectivity index (χ3v) is 2.75. The lowest BCUT2D eigenvalue weighted by Crippen LogP contribution is -2.16. The second-order valence-corrected chi connectivity index (χ2v) is 4.22. The fourth-order valence-electron chi connectivity index (χ4n) is 1.55. The van der Waals surface area contributed by atoms with Crippen LogP contribution in [0.4, 0.5) is 11.6 Å². The number of nitrogens with two attached hydrogens (primary N) is 1. The van der Waals surface area contributed by atoms with Crippen molar-refractivity contribution < 1.29 is 9.53 Å². The molecule has 2 aromatic heterocycles. The summed E-state index contributed by atoms with van der Waals surface area (Å²) in [6.07, 6.45) is 0.646. The summed E-state index contributed by atoms with van der Waals surface area (Å²) in [6.45, 7) is 1.90. The number of rotatable bonds is 4. The van der Waals surface area contributed by atoms with Crippen molar-refractivity contribution in [3.05, 3.63) is 22.6 Å². The summed E-state index contributed by atoms with van der Waals surface area (Å²) in [5, 5.41) is 9.18. The summed E-state index contributed by atoms with van der Waals surface area (Å²) in [6, 6.07) is 1.43. The first-order chi connectivity index (χ1) is 9.55. The number of halogens is 1. The summed E-state index contributed by atoms with van der Waals surface area (Å²) in [5.74, 6) is -0.271. The van der Waals surface area contributed by atoms with E-state index >= 15 is 0 Å². The molecule has 0 bridgehead atoms. The van der Waals surface area contributed by atoms with E-state index in [1.54, 1.807) is 0 Å². The molecule has 0 atom stereocenters. The van der Waals surface area contributed by atoms with Crippen molar-refractivity contribution in [1.29, 1.82) is 0 Å². The van der Waals surface area contributed by atoms with Gasteiger partial charge in [-0.2, -0.15) is 10.1 Å². The Kier molecular flexibility index (Phi) is 4.04. The van der Waals surface area contributed by atoms with Gasteiger partial charge in [-0.25, -0.2) is 4.98 Å². The van der Waals surface area contributed by atoms with Crippen LogP contribution in [0.5, 0.6) is 5.88 Å². The Balaban J connectivity index is 2.23. The number of nitrogens with zero attached hydrogens (tertiary/aromatic N) is 3. The van der Waals surface area contributed by atoms with Gasteiger partial charge in [-0.3, -0.25) is 15.2 Å². The fourth-order valence-corrected chi connectivity index (χ4v) is 1.72. The number of nitrogens with one attached hydrogen (secondary N) is 2. The molecule has 8 nitrogen and oxygen atoms in total. The van der Waals surface area contributed by atoms with E-state index in [0.717, 1.165) is 0 Å². The minimum Gasteiger partial charge on any atom is -0.481 e. The van der Waals surface area contributed by atoms with E-state index < -0.39 is 5.91 Å². The zero-order chi connectivity index (χ0) is 14.7. The average Bonchev–Trinajstić information content (AvgIpc) is 2.79. The molecule has 0 saturated carbocycles. The van der Waals surface area contributed by atoms with E-state index in [2.05, 4.69) is 25.5 Å². The van der Waals surface area contributed by atoms with E-state index in [1.165, 1.54) is 13.2 Å². The maximum Gasteiger partial charge on any atom is 0.280 e. The van der Waals surface area contributed by atoms with Gasteiger partial charge in [0, 0.05) is 6.07 Å². The Morgan fingerprint density at radius 2 is 2.30 bits per heavy atom. The van der Waals surface area contributed by atoms with Gasteiger partial charge in [-0.1, -0.05) is 18.5 Å². The smallest absolute Gasteiger partial charge is 0.280 e. The first kappa shape index (κ1) is 14.1. The lowest BCUT2D eigenvalue weighted by atomic mass is 10.2. The van der Waals surface area contributed by atoms with E-state index in [0.29, 0.717) is 17.8 Å². The van der Waals surface area contributed by atoms with Crippen LogP contribution < -0.4 is 15.8 Å². The highest BCUT2D eigenvalue weighted by molar-refractivity contribution is 6.29. The molecule has 0 aliphatic heterocycles. The van der Waals surface area contributed by atoms with E-state index in [4.69, 9.17) is 22.1 Å². The number of carbonyl (C=O) groups excluding carboxylic acids is 1. The van der Waals surface area contributed by atoms with Crippen molar-refractivity contribution in [2.75, 3.05) is 18.2 Å². The molecule has 0 unspecified atom stereocenters. The standard InChI is InChI=1S/C11H13ClN6O2/c1-3-5-8(13)9(18-17-5)10(19)16-11-14-6(12)4-7(15-11)20-2/h4H,3,13H2,1-2H3,(H,17,18)(H,14,15,16,19). The number of H-pyrrole nitrogens is 1. The fraction of sp³-hybridized carbons (Fsp3) is 0.273. The van der Waals surface area contributed by atoms with Crippen molar-refractivity contribution in [2.45, 2.75) is 13.3 Å². The van der Waals surface area contributed by atoms with Crippen LogP contribution in [0, 0.1) is 0 Å². The van der Waals surface area contributed by atoms with Gasteiger partial charge in [-0.05, 0) is 6.42 Å². The van der Waals surface area contributed by atoms with Gasteiger partial charge in [0.1, 0.15) is 5.15 Å². The van der Waals surface area contributed by atoms with Crippen LogP contribution in [0.15, 0.2) is 6.07 Å². The van der Waals surface area contributed by atoms with Crippen molar-refractivity contribution >= 4 is 29.1 Å².